The van der Waals surface area contributed by atoms with E-state index in [-0.39, 0.29) is 0 Å². The molecule has 0 N–H and O–H groups in total. The molecule has 0 aliphatic heterocycles. The molecule has 0 unspecified atom stereocenters. The van der Waals surface area contributed by atoms with Gasteiger partial charge in [-0.15, -0.1) is 0 Å². The highest BCUT2D eigenvalue weighted by Crippen LogP contribution is 2.34. The second-order valence-electron chi connectivity index (χ2n) is 7.78. The van der Waals surface area contributed by atoms with Gasteiger partial charge in [0, 0.05) is 18.4 Å². The van der Waals surface area contributed by atoms with Crippen LogP contribution in [0, 0.1) is 6.92 Å². The van der Waals surface area contributed by atoms with Crippen LogP contribution in [-0.2, 0) is 6.42 Å². The highest BCUT2D eigenvalue weighted by Gasteiger charge is 2.15. The molecular formula is C28H29N. The molecule has 0 bridgehead atoms. The monoisotopic (exact) mass is 379 g/mol. The zero-order valence-corrected chi connectivity index (χ0v) is 17.7. The molecular weight excluding hydrogens is 350 g/mol. The van der Waals surface area contributed by atoms with Crippen LogP contribution in [-0.4, -0.2) is 7.05 Å². The molecule has 0 atom stereocenters. The third-order valence-corrected chi connectivity index (χ3v) is 6.00. The molecule has 1 aliphatic carbocycles. The summed E-state index contributed by atoms with van der Waals surface area (Å²) in [5.74, 6) is 0. The Balaban J connectivity index is 1.65. The van der Waals surface area contributed by atoms with E-state index in [4.69, 9.17) is 0 Å². The van der Waals surface area contributed by atoms with Crippen LogP contribution in [0.3, 0.4) is 0 Å². The molecule has 146 valence electrons. The van der Waals surface area contributed by atoms with Crippen molar-refractivity contribution in [3.63, 3.8) is 0 Å². The molecule has 0 saturated heterocycles. The molecule has 0 fully saturated rings. The van der Waals surface area contributed by atoms with Gasteiger partial charge in [-0.2, -0.15) is 0 Å². The number of anilines is 1. The lowest BCUT2D eigenvalue weighted by Gasteiger charge is -2.27. The van der Waals surface area contributed by atoms with E-state index < -0.39 is 0 Å². The molecule has 1 heteroatoms. The van der Waals surface area contributed by atoms with Crippen LogP contribution in [0.4, 0.5) is 5.69 Å². The Morgan fingerprint density at radius 1 is 0.793 bits per heavy atom. The molecule has 4 rings (SSSR count). The van der Waals surface area contributed by atoms with Crippen molar-refractivity contribution in [2.75, 3.05) is 11.9 Å². The molecule has 0 aromatic heterocycles. The van der Waals surface area contributed by atoms with Gasteiger partial charge in [-0.25, -0.2) is 0 Å². The summed E-state index contributed by atoms with van der Waals surface area (Å²) in [5.41, 5.74) is 10.8. The molecule has 1 nitrogen and oxygen atoms in total. The van der Waals surface area contributed by atoms with Gasteiger partial charge in [-0.1, -0.05) is 73.7 Å². The number of aryl methyl sites for hydroxylation is 2. The average molecular weight is 380 g/mol. The van der Waals surface area contributed by atoms with E-state index >= 15 is 0 Å². The van der Waals surface area contributed by atoms with Gasteiger partial charge in [-0.05, 0) is 77.8 Å². The first-order chi connectivity index (χ1) is 14.2. The van der Waals surface area contributed by atoms with Gasteiger partial charge >= 0.3 is 0 Å². The molecule has 0 spiro atoms. The van der Waals surface area contributed by atoms with E-state index in [0.717, 1.165) is 19.3 Å². The van der Waals surface area contributed by atoms with Crippen LogP contribution in [0.15, 0.2) is 90.6 Å². The number of rotatable bonds is 5. The smallest absolute Gasteiger partial charge is 0.0412 e. The van der Waals surface area contributed by atoms with Crippen molar-refractivity contribution in [2.24, 2.45) is 0 Å². The van der Waals surface area contributed by atoms with Gasteiger partial charge in [0.05, 0.1) is 0 Å². The van der Waals surface area contributed by atoms with Gasteiger partial charge in [0.2, 0.25) is 0 Å². The van der Waals surface area contributed by atoms with E-state index in [1.165, 1.54) is 44.8 Å². The van der Waals surface area contributed by atoms with Crippen molar-refractivity contribution in [1.29, 1.82) is 0 Å². The fourth-order valence-corrected chi connectivity index (χ4v) is 4.17. The number of hydrogen-bond donors (Lipinski definition) is 0. The van der Waals surface area contributed by atoms with Gasteiger partial charge in [0.15, 0.2) is 0 Å². The quantitative estimate of drug-likeness (QED) is 0.446. The Morgan fingerprint density at radius 3 is 2.24 bits per heavy atom. The number of allylic oxidation sites excluding steroid dienone is 4. The number of nitrogens with zero attached hydrogens (tertiary/aromatic N) is 1. The normalized spacial score (nSPS) is 13.6. The Hall–Kier alpha value is -3.06. The van der Waals surface area contributed by atoms with Crippen LogP contribution in [0.1, 0.15) is 36.5 Å². The van der Waals surface area contributed by atoms with Crippen molar-refractivity contribution in [3.8, 4) is 11.1 Å². The highest BCUT2D eigenvalue weighted by molar-refractivity contribution is 5.76. The van der Waals surface area contributed by atoms with Crippen LogP contribution >= 0.6 is 0 Å². The fourth-order valence-electron chi connectivity index (χ4n) is 4.17. The molecule has 0 heterocycles. The van der Waals surface area contributed by atoms with Crippen molar-refractivity contribution < 1.29 is 0 Å². The van der Waals surface area contributed by atoms with Crippen LogP contribution < -0.4 is 4.90 Å². The first kappa shape index (κ1) is 19.3. The second-order valence-corrected chi connectivity index (χ2v) is 7.78. The minimum atomic E-state index is 1.04. The second kappa shape index (κ2) is 8.53. The molecule has 0 saturated carbocycles. The van der Waals surface area contributed by atoms with E-state index in [0.29, 0.717) is 0 Å². The first-order valence-corrected chi connectivity index (χ1v) is 10.5. The van der Waals surface area contributed by atoms with Gasteiger partial charge < -0.3 is 4.90 Å². The predicted octanol–water partition coefficient (Wildman–Crippen LogP) is 7.42. The molecule has 3 aromatic carbocycles. The lowest BCUT2D eigenvalue weighted by molar-refractivity contribution is 0.907. The topological polar surface area (TPSA) is 3.24 Å². The number of benzene rings is 3. The predicted molar refractivity (Wildman–Crippen MR) is 126 cm³/mol. The van der Waals surface area contributed by atoms with Crippen LogP contribution in [0.2, 0.25) is 0 Å². The largest absolute Gasteiger partial charge is 0.348 e. The zero-order valence-electron chi connectivity index (χ0n) is 17.7. The minimum absolute atomic E-state index is 1.04. The average Bonchev–Trinajstić information content (AvgIpc) is 2.79. The Bertz CT molecular complexity index is 1060. The lowest BCUT2D eigenvalue weighted by atomic mass is 9.93. The highest BCUT2D eigenvalue weighted by atomic mass is 15.1. The third-order valence-electron chi connectivity index (χ3n) is 6.00. The van der Waals surface area contributed by atoms with Crippen molar-refractivity contribution in [3.05, 3.63) is 107 Å². The van der Waals surface area contributed by atoms with Gasteiger partial charge in [0.1, 0.15) is 0 Å². The Labute approximate surface area is 175 Å². The van der Waals surface area contributed by atoms with Crippen LogP contribution in [0.5, 0.6) is 0 Å². The fraction of sp³-hybridized carbons (Fsp3) is 0.214. The SMILES string of the molecule is CCc1ccc(N(C)C2=CC=C(c3ccccc3)CC2)cc1-c1ccccc1C. The Morgan fingerprint density at radius 2 is 1.55 bits per heavy atom. The molecule has 1 aliphatic rings. The third kappa shape index (κ3) is 4.05. The molecule has 29 heavy (non-hydrogen) atoms. The molecule has 0 radical (unpaired) electrons. The van der Waals surface area contributed by atoms with E-state index in [9.17, 15) is 0 Å². The summed E-state index contributed by atoms with van der Waals surface area (Å²) in [7, 11) is 2.19. The van der Waals surface area contributed by atoms with E-state index in [1.807, 2.05) is 0 Å². The van der Waals surface area contributed by atoms with Crippen molar-refractivity contribution in [1.82, 2.24) is 0 Å². The summed E-state index contributed by atoms with van der Waals surface area (Å²) < 4.78 is 0. The van der Waals surface area contributed by atoms with Crippen molar-refractivity contribution >= 4 is 11.3 Å². The summed E-state index contributed by atoms with van der Waals surface area (Å²) in [6, 6.07) is 26.3. The van der Waals surface area contributed by atoms with Gasteiger partial charge in [-0.3, -0.25) is 0 Å². The van der Waals surface area contributed by atoms with E-state index in [2.05, 4.69) is 111 Å². The minimum Gasteiger partial charge on any atom is -0.348 e. The summed E-state index contributed by atoms with van der Waals surface area (Å²) in [5, 5.41) is 0. The molecule has 3 aromatic rings. The summed E-state index contributed by atoms with van der Waals surface area (Å²) >= 11 is 0. The summed E-state index contributed by atoms with van der Waals surface area (Å²) in [6.45, 7) is 4.44. The lowest BCUT2D eigenvalue weighted by Crippen LogP contribution is -2.18. The Kier molecular flexibility index (Phi) is 5.67. The van der Waals surface area contributed by atoms with Gasteiger partial charge in [0.25, 0.3) is 0 Å². The number of hydrogen-bond acceptors (Lipinski definition) is 1. The van der Waals surface area contributed by atoms with E-state index in [1.54, 1.807) is 0 Å². The first-order valence-electron chi connectivity index (χ1n) is 10.5. The maximum absolute atomic E-state index is 2.36. The summed E-state index contributed by atoms with van der Waals surface area (Å²) in [6.07, 6.45) is 7.75. The standard InChI is InChI=1S/C28H29N/c1-4-22-14-19-26(20-28(22)27-13-9-8-10-21(27)2)29(3)25-17-15-24(16-18-25)23-11-6-5-7-12-23/h5-15,17,19-20H,4,16,18H2,1-3H3. The maximum Gasteiger partial charge on any atom is 0.0412 e. The molecule has 0 amide bonds. The summed E-state index contributed by atoms with van der Waals surface area (Å²) in [4.78, 5) is 2.35. The van der Waals surface area contributed by atoms with Crippen molar-refractivity contribution in [2.45, 2.75) is 33.1 Å². The zero-order chi connectivity index (χ0) is 20.2. The van der Waals surface area contributed by atoms with Crippen LogP contribution in [0.25, 0.3) is 16.7 Å². The maximum atomic E-state index is 2.36.